The molecule has 3 rings (SSSR count). The van der Waals surface area contributed by atoms with Crippen molar-refractivity contribution in [2.45, 2.75) is 58.1 Å². The number of carbonyl (C=O) groups excluding carboxylic acids is 1. The number of nitrogens with one attached hydrogen (secondary N) is 1. The SMILES string of the molecule is CC(C)(C)OC(=O)N1CCC(Nc2cc(Cl)nc(N3CCCC3)n2)CC1. The van der Waals surface area contributed by atoms with Crippen LogP contribution in [0, 0.1) is 0 Å². The Bertz CT molecular complexity index is 635. The molecule has 1 aromatic heterocycles. The van der Waals surface area contributed by atoms with Crippen molar-refractivity contribution >= 4 is 29.5 Å². The number of aromatic nitrogens is 2. The second-order valence-electron chi connectivity index (χ2n) is 7.96. The fourth-order valence-electron chi connectivity index (χ4n) is 3.28. The van der Waals surface area contributed by atoms with Gasteiger partial charge in [-0.05, 0) is 46.5 Å². The third kappa shape index (κ3) is 5.13. The monoisotopic (exact) mass is 381 g/mol. The van der Waals surface area contributed by atoms with Gasteiger partial charge in [0.25, 0.3) is 0 Å². The summed E-state index contributed by atoms with van der Waals surface area (Å²) >= 11 is 6.19. The van der Waals surface area contributed by atoms with Crippen LogP contribution >= 0.6 is 11.6 Å². The van der Waals surface area contributed by atoms with E-state index in [1.165, 1.54) is 12.8 Å². The van der Waals surface area contributed by atoms with Crippen molar-refractivity contribution in [2.75, 3.05) is 36.4 Å². The molecule has 0 saturated carbocycles. The summed E-state index contributed by atoms with van der Waals surface area (Å²) in [6.07, 6.45) is 3.79. The summed E-state index contributed by atoms with van der Waals surface area (Å²) in [5.74, 6) is 1.45. The fourth-order valence-corrected chi connectivity index (χ4v) is 3.46. The summed E-state index contributed by atoms with van der Waals surface area (Å²) in [5, 5.41) is 3.91. The minimum absolute atomic E-state index is 0.239. The van der Waals surface area contributed by atoms with Crippen LogP contribution in [0.3, 0.4) is 0 Å². The number of nitrogens with zero attached hydrogens (tertiary/aromatic N) is 4. The lowest BCUT2D eigenvalue weighted by Gasteiger charge is -2.34. The maximum absolute atomic E-state index is 12.2. The molecule has 1 N–H and O–H groups in total. The molecule has 144 valence electrons. The first-order chi connectivity index (χ1) is 12.3. The number of hydrogen-bond acceptors (Lipinski definition) is 6. The first kappa shape index (κ1) is 19.0. The largest absolute Gasteiger partial charge is 0.444 e. The molecule has 1 amide bonds. The van der Waals surface area contributed by atoms with Gasteiger partial charge in [-0.25, -0.2) is 9.78 Å². The standard InChI is InChI=1S/C18H28ClN5O2/c1-18(2,3)26-17(25)24-10-6-13(7-11-24)20-15-12-14(19)21-16(22-15)23-8-4-5-9-23/h12-13H,4-11H2,1-3H3,(H,20,21,22). The van der Waals surface area contributed by atoms with E-state index in [-0.39, 0.29) is 12.1 Å². The molecule has 3 heterocycles. The summed E-state index contributed by atoms with van der Waals surface area (Å²) in [6.45, 7) is 8.96. The summed E-state index contributed by atoms with van der Waals surface area (Å²) in [4.78, 5) is 25.1. The second kappa shape index (κ2) is 7.86. The van der Waals surface area contributed by atoms with Crippen LogP contribution in [0.2, 0.25) is 5.15 Å². The van der Waals surface area contributed by atoms with Crippen LogP contribution in [0.1, 0.15) is 46.5 Å². The molecule has 2 fully saturated rings. The zero-order valence-corrected chi connectivity index (χ0v) is 16.6. The smallest absolute Gasteiger partial charge is 0.410 e. The third-order valence-corrected chi connectivity index (χ3v) is 4.76. The molecule has 7 nitrogen and oxygen atoms in total. The number of rotatable bonds is 3. The minimum atomic E-state index is -0.462. The van der Waals surface area contributed by atoms with Crippen LogP contribution in [-0.2, 0) is 4.74 Å². The van der Waals surface area contributed by atoms with E-state index in [2.05, 4.69) is 20.2 Å². The first-order valence-electron chi connectivity index (χ1n) is 9.34. The Labute approximate surface area is 160 Å². The molecule has 26 heavy (non-hydrogen) atoms. The van der Waals surface area contributed by atoms with Crippen LogP contribution in [0.25, 0.3) is 0 Å². The van der Waals surface area contributed by atoms with Gasteiger partial charge in [0.15, 0.2) is 0 Å². The number of likely N-dealkylation sites (tertiary alicyclic amines) is 1. The van der Waals surface area contributed by atoms with E-state index in [1.807, 2.05) is 20.8 Å². The van der Waals surface area contributed by atoms with E-state index < -0.39 is 5.60 Å². The zero-order valence-electron chi connectivity index (χ0n) is 15.8. The van der Waals surface area contributed by atoms with Crippen LogP contribution < -0.4 is 10.2 Å². The molecule has 2 aliphatic rings. The summed E-state index contributed by atoms with van der Waals surface area (Å²) in [6, 6.07) is 2.02. The Morgan fingerprint density at radius 3 is 2.46 bits per heavy atom. The first-order valence-corrected chi connectivity index (χ1v) is 9.72. The van der Waals surface area contributed by atoms with Gasteiger partial charge in [-0.15, -0.1) is 0 Å². The Morgan fingerprint density at radius 1 is 1.19 bits per heavy atom. The van der Waals surface area contributed by atoms with Crippen LogP contribution in [0.4, 0.5) is 16.6 Å². The predicted molar refractivity (Wildman–Crippen MR) is 103 cm³/mol. The summed E-state index contributed by atoms with van der Waals surface area (Å²) < 4.78 is 5.44. The molecule has 0 aromatic carbocycles. The van der Waals surface area contributed by atoms with E-state index in [9.17, 15) is 4.79 Å². The van der Waals surface area contributed by atoms with Gasteiger partial charge >= 0.3 is 6.09 Å². The number of halogens is 1. The topological polar surface area (TPSA) is 70.6 Å². The zero-order chi connectivity index (χ0) is 18.7. The number of hydrogen-bond donors (Lipinski definition) is 1. The van der Waals surface area contributed by atoms with Crippen molar-refractivity contribution < 1.29 is 9.53 Å². The van der Waals surface area contributed by atoms with Gasteiger partial charge in [0.05, 0.1) is 0 Å². The highest BCUT2D eigenvalue weighted by atomic mass is 35.5. The second-order valence-corrected chi connectivity index (χ2v) is 8.34. The maximum Gasteiger partial charge on any atom is 0.410 e. The molecule has 2 saturated heterocycles. The Hall–Kier alpha value is -1.76. The molecule has 1 aromatic rings. The van der Waals surface area contributed by atoms with Crippen molar-refractivity contribution in [3.05, 3.63) is 11.2 Å². The molecule has 8 heteroatoms. The Morgan fingerprint density at radius 2 is 1.85 bits per heavy atom. The Kier molecular flexibility index (Phi) is 5.75. The van der Waals surface area contributed by atoms with Gasteiger partial charge in [-0.1, -0.05) is 11.6 Å². The number of anilines is 2. The van der Waals surface area contributed by atoms with Crippen LogP contribution in [0.5, 0.6) is 0 Å². The van der Waals surface area contributed by atoms with Crippen molar-refractivity contribution in [1.29, 1.82) is 0 Å². The number of carbonyl (C=O) groups is 1. The van der Waals surface area contributed by atoms with Gasteiger partial charge in [0.2, 0.25) is 5.95 Å². The lowest BCUT2D eigenvalue weighted by atomic mass is 10.1. The lowest BCUT2D eigenvalue weighted by Crippen LogP contribution is -2.44. The number of ether oxygens (including phenoxy) is 1. The average molecular weight is 382 g/mol. The van der Waals surface area contributed by atoms with Crippen molar-refractivity contribution in [1.82, 2.24) is 14.9 Å². The third-order valence-electron chi connectivity index (χ3n) is 4.57. The van der Waals surface area contributed by atoms with Gasteiger partial charge < -0.3 is 19.9 Å². The van der Waals surface area contributed by atoms with Gasteiger partial charge in [-0.2, -0.15) is 4.98 Å². The molecule has 0 radical (unpaired) electrons. The van der Waals surface area contributed by atoms with Crippen LogP contribution in [-0.4, -0.2) is 58.8 Å². The fraction of sp³-hybridized carbons (Fsp3) is 0.722. The molecular weight excluding hydrogens is 354 g/mol. The molecular formula is C18H28ClN5O2. The van der Waals surface area contributed by atoms with Crippen LogP contribution in [0.15, 0.2) is 6.07 Å². The minimum Gasteiger partial charge on any atom is -0.444 e. The highest BCUT2D eigenvalue weighted by Gasteiger charge is 2.27. The number of piperidine rings is 1. The average Bonchev–Trinajstić information content (AvgIpc) is 3.08. The van der Waals surface area contributed by atoms with Gasteiger partial charge in [0, 0.05) is 38.3 Å². The normalized spacial score (nSPS) is 18.9. The molecule has 0 spiro atoms. The summed E-state index contributed by atoms with van der Waals surface area (Å²) in [7, 11) is 0. The molecule has 0 bridgehead atoms. The highest BCUT2D eigenvalue weighted by Crippen LogP contribution is 2.23. The van der Waals surface area contributed by atoms with Gasteiger partial charge in [-0.3, -0.25) is 0 Å². The summed E-state index contributed by atoms with van der Waals surface area (Å²) in [5.41, 5.74) is -0.462. The maximum atomic E-state index is 12.2. The van der Waals surface area contributed by atoms with E-state index in [0.29, 0.717) is 24.2 Å². The molecule has 0 unspecified atom stereocenters. The molecule has 2 aliphatic heterocycles. The predicted octanol–water partition coefficient (Wildman–Crippen LogP) is 3.54. The molecule has 0 atom stereocenters. The Balaban J connectivity index is 1.55. The van der Waals surface area contributed by atoms with E-state index in [4.69, 9.17) is 16.3 Å². The number of amides is 1. The molecule has 0 aliphatic carbocycles. The quantitative estimate of drug-likeness (QED) is 0.807. The van der Waals surface area contributed by atoms with Crippen molar-refractivity contribution in [3.8, 4) is 0 Å². The lowest BCUT2D eigenvalue weighted by molar-refractivity contribution is 0.0210. The van der Waals surface area contributed by atoms with Crippen molar-refractivity contribution in [2.24, 2.45) is 0 Å². The van der Waals surface area contributed by atoms with E-state index >= 15 is 0 Å². The highest BCUT2D eigenvalue weighted by molar-refractivity contribution is 6.29. The van der Waals surface area contributed by atoms with E-state index in [1.54, 1.807) is 11.0 Å². The van der Waals surface area contributed by atoms with Gasteiger partial charge in [0.1, 0.15) is 16.6 Å². The van der Waals surface area contributed by atoms with E-state index in [0.717, 1.165) is 31.7 Å². The van der Waals surface area contributed by atoms with Crippen molar-refractivity contribution in [3.63, 3.8) is 0 Å².